The summed E-state index contributed by atoms with van der Waals surface area (Å²) in [6.07, 6.45) is 0. The number of H-pyrrole nitrogens is 1. The number of aromatic amines is 1. The third-order valence-corrected chi connectivity index (χ3v) is 4.45. The molecule has 3 rings (SSSR count). The summed E-state index contributed by atoms with van der Waals surface area (Å²) in [7, 11) is 3.40. The van der Waals surface area contributed by atoms with Crippen LogP contribution in [0.1, 0.15) is 5.82 Å². The summed E-state index contributed by atoms with van der Waals surface area (Å²) >= 11 is 6.13. The summed E-state index contributed by atoms with van der Waals surface area (Å²) in [4.78, 5) is 34.8. The van der Waals surface area contributed by atoms with Crippen LogP contribution >= 0.6 is 11.6 Å². The van der Waals surface area contributed by atoms with E-state index in [9.17, 15) is 14.0 Å². The molecule has 1 aromatic heterocycles. The van der Waals surface area contributed by atoms with Crippen molar-refractivity contribution in [1.29, 1.82) is 0 Å². The number of aromatic nitrogens is 2. The summed E-state index contributed by atoms with van der Waals surface area (Å²) in [5.74, 6) is -0.251. The molecular formula is C19H18ClFN4O2. The number of fused-ring (bicyclic) bond motifs is 1. The highest BCUT2D eigenvalue weighted by molar-refractivity contribution is 6.33. The van der Waals surface area contributed by atoms with Crippen LogP contribution in [0.15, 0.2) is 47.3 Å². The lowest BCUT2D eigenvalue weighted by Crippen LogP contribution is -2.37. The van der Waals surface area contributed by atoms with Gasteiger partial charge in [0.05, 0.1) is 34.7 Å². The van der Waals surface area contributed by atoms with Crippen molar-refractivity contribution in [3.05, 3.63) is 69.5 Å². The van der Waals surface area contributed by atoms with Crippen molar-refractivity contribution in [2.75, 3.05) is 25.5 Å². The summed E-state index contributed by atoms with van der Waals surface area (Å²) in [5, 5.41) is 0.680. The lowest BCUT2D eigenvalue weighted by Gasteiger charge is -2.22. The van der Waals surface area contributed by atoms with Crippen molar-refractivity contribution in [3.8, 4) is 0 Å². The number of likely N-dealkylation sites (N-methyl/N-ethyl adjacent to an activating group) is 2. The van der Waals surface area contributed by atoms with Crippen LogP contribution in [0.4, 0.5) is 10.1 Å². The minimum atomic E-state index is -0.493. The van der Waals surface area contributed by atoms with Gasteiger partial charge in [-0.2, -0.15) is 0 Å². The average molecular weight is 389 g/mol. The molecular weight excluding hydrogens is 371 g/mol. The highest BCUT2D eigenvalue weighted by Gasteiger charge is 2.16. The molecule has 3 aromatic rings. The summed E-state index contributed by atoms with van der Waals surface area (Å²) in [5.41, 5.74) is 0.613. The number of nitrogens with zero attached hydrogens (tertiary/aromatic N) is 3. The molecule has 0 radical (unpaired) electrons. The number of carbonyl (C=O) groups is 1. The second kappa shape index (κ2) is 7.85. The van der Waals surface area contributed by atoms with Crippen LogP contribution < -0.4 is 10.5 Å². The van der Waals surface area contributed by atoms with E-state index in [1.165, 1.54) is 17.0 Å². The molecule has 0 unspecified atom stereocenters. The number of benzene rings is 2. The maximum atomic E-state index is 13.3. The van der Waals surface area contributed by atoms with Gasteiger partial charge in [0.1, 0.15) is 11.6 Å². The standard InChI is InChI=1S/C19H18ClFN4O2/c1-24(11-18(26)25(2)16-6-4-3-5-14(16)20)10-17-22-15-8-7-12(21)9-13(15)19(27)23-17/h3-9H,10-11H2,1-2H3,(H,22,23,27). The normalized spacial score (nSPS) is 11.1. The Bertz CT molecular complexity index is 1050. The Balaban J connectivity index is 1.72. The van der Waals surface area contributed by atoms with Gasteiger partial charge in [-0.1, -0.05) is 23.7 Å². The molecule has 0 aliphatic rings. The van der Waals surface area contributed by atoms with Crippen molar-refractivity contribution >= 4 is 34.1 Å². The maximum absolute atomic E-state index is 13.3. The van der Waals surface area contributed by atoms with E-state index in [2.05, 4.69) is 9.97 Å². The number of hydrogen-bond acceptors (Lipinski definition) is 4. The number of rotatable bonds is 5. The lowest BCUT2D eigenvalue weighted by molar-refractivity contribution is -0.119. The zero-order chi connectivity index (χ0) is 19.6. The number of anilines is 1. The van der Waals surface area contributed by atoms with Crippen LogP contribution in [-0.2, 0) is 11.3 Å². The Morgan fingerprint density at radius 1 is 1.22 bits per heavy atom. The molecule has 1 amide bonds. The maximum Gasteiger partial charge on any atom is 0.258 e. The second-order valence-corrected chi connectivity index (χ2v) is 6.66. The van der Waals surface area contributed by atoms with E-state index in [1.54, 1.807) is 43.3 Å². The monoisotopic (exact) mass is 388 g/mol. The molecule has 140 valence electrons. The lowest BCUT2D eigenvalue weighted by atomic mass is 10.2. The van der Waals surface area contributed by atoms with Gasteiger partial charge >= 0.3 is 0 Å². The molecule has 0 atom stereocenters. The molecule has 0 bridgehead atoms. The number of hydrogen-bond donors (Lipinski definition) is 1. The van der Waals surface area contributed by atoms with Crippen LogP contribution in [0.5, 0.6) is 0 Å². The predicted molar refractivity (Wildman–Crippen MR) is 104 cm³/mol. The van der Waals surface area contributed by atoms with E-state index in [-0.39, 0.29) is 24.4 Å². The van der Waals surface area contributed by atoms with Crippen LogP contribution in [0.3, 0.4) is 0 Å². The van der Waals surface area contributed by atoms with Gasteiger partial charge in [-0.15, -0.1) is 0 Å². The van der Waals surface area contributed by atoms with Crippen LogP contribution in [0.25, 0.3) is 10.9 Å². The third kappa shape index (κ3) is 4.32. The average Bonchev–Trinajstić information content (AvgIpc) is 2.62. The first-order valence-corrected chi connectivity index (χ1v) is 8.61. The van der Waals surface area contributed by atoms with E-state index < -0.39 is 11.4 Å². The number of para-hydroxylation sites is 1. The fourth-order valence-corrected chi connectivity index (χ4v) is 3.00. The van der Waals surface area contributed by atoms with Crippen molar-refractivity contribution in [3.63, 3.8) is 0 Å². The molecule has 0 saturated carbocycles. The second-order valence-electron chi connectivity index (χ2n) is 6.25. The first-order valence-electron chi connectivity index (χ1n) is 8.23. The van der Waals surface area contributed by atoms with E-state index in [1.807, 2.05) is 0 Å². The molecule has 2 aromatic carbocycles. The molecule has 0 spiro atoms. The summed E-state index contributed by atoms with van der Waals surface area (Å²) in [6, 6.07) is 10.9. The van der Waals surface area contributed by atoms with Gasteiger partial charge in [-0.3, -0.25) is 14.5 Å². The number of halogens is 2. The first-order chi connectivity index (χ1) is 12.8. The topological polar surface area (TPSA) is 69.3 Å². The molecule has 0 aliphatic carbocycles. The first kappa shape index (κ1) is 19.0. The van der Waals surface area contributed by atoms with Gasteiger partial charge in [0.2, 0.25) is 5.91 Å². The van der Waals surface area contributed by atoms with Gasteiger partial charge in [0, 0.05) is 7.05 Å². The number of carbonyl (C=O) groups excluding carboxylic acids is 1. The SMILES string of the molecule is CN(CC(=O)N(C)c1ccccc1Cl)Cc1nc2ccc(F)cc2c(=O)[nH]1. The third-order valence-electron chi connectivity index (χ3n) is 4.13. The van der Waals surface area contributed by atoms with Crippen LogP contribution in [0, 0.1) is 5.82 Å². The van der Waals surface area contributed by atoms with Crippen molar-refractivity contribution in [1.82, 2.24) is 14.9 Å². The van der Waals surface area contributed by atoms with Crippen LogP contribution in [0.2, 0.25) is 5.02 Å². The highest BCUT2D eigenvalue weighted by atomic mass is 35.5. The molecule has 0 aliphatic heterocycles. The molecule has 1 heterocycles. The Morgan fingerprint density at radius 3 is 2.70 bits per heavy atom. The smallest absolute Gasteiger partial charge is 0.258 e. The fraction of sp³-hybridized carbons (Fsp3) is 0.211. The molecule has 6 nitrogen and oxygen atoms in total. The van der Waals surface area contributed by atoms with Crippen molar-refractivity contribution < 1.29 is 9.18 Å². The van der Waals surface area contributed by atoms with E-state index in [0.29, 0.717) is 22.1 Å². The van der Waals surface area contributed by atoms with Crippen molar-refractivity contribution in [2.45, 2.75) is 6.54 Å². The Kier molecular flexibility index (Phi) is 5.53. The van der Waals surface area contributed by atoms with E-state index in [0.717, 1.165) is 6.07 Å². The minimum absolute atomic E-state index is 0.104. The van der Waals surface area contributed by atoms with Gasteiger partial charge in [0.15, 0.2) is 0 Å². The van der Waals surface area contributed by atoms with Crippen LogP contribution in [-0.4, -0.2) is 41.4 Å². The summed E-state index contributed by atoms with van der Waals surface area (Å²) < 4.78 is 13.3. The molecule has 1 N–H and O–H groups in total. The summed E-state index contributed by atoms with van der Waals surface area (Å²) in [6.45, 7) is 0.359. The van der Waals surface area contributed by atoms with E-state index in [4.69, 9.17) is 11.6 Å². The fourth-order valence-electron chi connectivity index (χ4n) is 2.74. The minimum Gasteiger partial charge on any atom is -0.313 e. The molecule has 27 heavy (non-hydrogen) atoms. The Labute approximate surface area is 160 Å². The van der Waals surface area contributed by atoms with Gasteiger partial charge in [0.25, 0.3) is 5.56 Å². The Hall–Kier alpha value is -2.77. The largest absolute Gasteiger partial charge is 0.313 e. The zero-order valence-electron chi connectivity index (χ0n) is 14.9. The predicted octanol–water partition coefficient (Wildman–Crippen LogP) is 2.81. The molecule has 8 heteroatoms. The highest BCUT2D eigenvalue weighted by Crippen LogP contribution is 2.24. The number of nitrogens with one attached hydrogen (secondary N) is 1. The molecule has 0 fully saturated rings. The number of amides is 1. The zero-order valence-corrected chi connectivity index (χ0v) is 15.6. The quantitative estimate of drug-likeness (QED) is 0.729. The van der Waals surface area contributed by atoms with Gasteiger partial charge in [-0.05, 0) is 37.4 Å². The van der Waals surface area contributed by atoms with Gasteiger partial charge in [-0.25, -0.2) is 9.37 Å². The Morgan fingerprint density at radius 2 is 1.96 bits per heavy atom. The van der Waals surface area contributed by atoms with E-state index >= 15 is 0 Å². The van der Waals surface area contributed by atoms with Gasteiger partial charge < -0.3 is 9.88 Å². The molecule has 0 saturated heterocycles. The van der Waals surface area contributed by atoms with Crippen molar-refractivity contribution in [2.24, 2.45) is 0 Å².